The first kappa shape index (κ1) is 15.2. The molecule has 22 heavy (non-hydrogen) atoms. The van der Waals surface area contributed by atoms with Crippen molar-refractivity contribution < 1.29 is 9.50 Å². The lowest BCUT2D eigenvalue weighted by atomic mass is 9.99. The van der Waals surface area contributed by atoms with E-state index in [1.54, 1.807) is 23.0 Å². The first-order valence-corrected chi connectivity index (χ1v) is 7.79. The fourth-order valence-electron chi connectivity index (χ4n) is 3.23. The van der Waals surface area contributed by atoms with Crippen LogP contribution in [0.2, 0.25) is 0 Å². The Morgan fingerprint density at radius 1 is 1.41 bits per heavy atom. The number of benzene rings is 1. The van der Waals surface area contributed by atoms with Crippen molar-refractivity contribution in [3.8, 4) is 0 Å². The van der Waals surface area contributed by atoms with E-state index in [-0.39, 0.29) is 23.9 Å². The van der Waals surface area contributed by atoms with Crippen molar-refractivity contribution in [1.82, 2.24) is 15.1 Å². The molecule has 1 aromatic heterocycles. The van der Waals surface area contributed by atoms with Gasteiger partial charge in [-0.05, 0) is 36.5 Å². The van der Waals surface area contributed by atoms with Crippen LogP contribution in [0.1, 0.15) is 36.4 Å². The molecule has 5 heteroatoms. The highest BCUT2D eigenvalue weighted by Gasteiger charge is 2.26. The molecule has 1 aromatic carbocycles. The van der Waals surface area contributed by atoms with Gasteiger partial charge in [-0.2, -0.15) is 5.10 Å². The minimum atomic E-state index is -0.242. The molecule has 2 aromatic rings. The van der Waals surface area contributed by atoms with Crippen molar-refractivity contribution in [2.24, 2.45) is 13.0 Å². The molecule has 2 N–H and O–H groups in total. The van der Waals surface area contributed by atoms with E-state index < -0.39 is 0 Å². The number of hydrogen-bond acceptors (Lipinski definition) is 3. The van der Waals surface area contributed by atoms with Gasteiger partial charge in [-0.15, -0.1) is 0 Å². The molecule has 1 aliphatic carbocycles. The van der Waals surface area contributed by atoms with Crippen molar-refractivity contribution in [3.63, 3.8) is 0 Å². The van der Waals surface area contributed by atoms with Gasteiger partial charge in [0.2, 0.25) is 0 Å². The number of rotatable bonds is 5. The van der Waals surface area contributed by atoms with E-state index in [1.807, 2.05) is 19.3 Å². The zero-order valence-electron chi connectivity index (χ0n) is 12.7. The minimum Gasteiger partial charge on any atom is -0.393 e. The molecule has 4 nitrogen and oxygen atoms in total. The van der Waals surface area contributed by atoms with Gasteiger partial charge in [0.05, 0.1) is 18.3 Å². The summed E-state index contributed by atoms with van der Waals surface area (Å²) in [6, 6.07) is 6.52. The summed E-state index contributed by atoms with van der Waals surface area (Å²) in [6.45, 7) is 0.719. The third-order valence-corrected chi connectivity index (χ3v) is 4.44. The minimum absolute atomic E-state index is 0.114. The molecule has 0 saturated heterocycles. The summed E-state index contributed by atoms with van der Waals surface area (Å²) in [5.41, 5.74) is 1.88. The Morgan fingerprint density at radius 3 is 2.91 bits per heavy atom. The molecule has 1 fully saturated rings. The summed E-state index contributed by atoms with van der Waals surface area (Å²) in [5, 5.41) is 17.7. The quantitative estimate of drug-likeness (QED) is 0.892. The molecule has 118 valence electrons. The van der Waals surface area contributed by atoms with Gasteiger partial charge in [0.15, 0.2) is 0 Å². The van der Waals surface area contributed by atoms with Crippen LogP contribution < -0.4 is 5.32 Å². The summed E-state index contributed by atoms with van der Waals surface area (Å²) in [4.78, 5) is 0. The topological polar surface area (TPSA) is 50.1 Å². The third kappa shape index (κ3) is 3.36. The number of nitrogens with zero attached hydrogens (tertiary/aromatic N) is 2. The van der Waals surface area contributed by atoms with Crippen LogP contribution in [-0.4, -0.2) is 27.5 Å². The SMILES string of the molecule is Cn1cc(C(NCC2CCCC2O)c2cccc(F)c2)cn1. The molecule has 0 radical (unpaired) electrons. The average molecular weight is 303 g/mol. The van der Waals surface area contributed by atoms with Gasteiger partial charge >= 0.3 is 0 Å². The Bertz CT molecular complexity index is 628. The van der Waals surface area contributed by atoms with Gasteiger partial charge in [-0.3, -0.25) is 4.68 Å². The Kier molecular flexibility index (Phi) is 4.55. The number of aryl methyl sites for hydroxylation is 1. The van der Waals surface area contributed by atoms with Gasteiger partial charge in [-0.25, -0.2) is 4.39 Å². The molecular weight excluding hydrogens is 281 g/mol. The van der Waals surface area contributed by atoms with E-state index in [4.69, 9.17) is 0 Å². The molecule has 3 unspecified atom stereocenters. The largest absolute Gasteiger partial charge is 0.393 e. The van der Waals surface area contributed by atoms with E-state index in [9.17, 15) is 9.50 Å². The lowest BCUT2D eigenvalue weighted by molar-refractivity contribution is 0.130. The molecule has 0 aliphatic heterocycles. The van der Waals surface area contributed by atoms with Crippen molar-refractivity contribution in [1.29, 1.82) is 0 Å². The van der Waals surface area contributed by atoms with E-state index >= 15 is 0 Å². The maximum absolute atomic E-state index is 13.6. The smallest absolute Gasteiger partial charge is 0.123 e. The summed E-state index contributed by atoms with van der Waals surface area (Å²) in [7, 11) is 1.87. The molecule has 1 heterocycles. The number of halogens is 1. The third-order valence-electron chi connectivity index (χ3n) is 4.44. The zero-order chi connectivity index (χ0) is 15.5. The lowest BCUT2D eigenvalue weighted by Crippen LogP contribution is -2.31. The summed E-state index contributed by atoms with van der Waals surface area (Å²) in [5.74, 6) is 0.0295. The van der Waals surface area contributed by atoms with Crippen LogP contribution in [0.5, 0.6) is 0 Å². The van der Waals surface area contributed by atoms with E-state index in [1.165, 1.54) is 6.07 Å². The summed E-state index contributed by atoms with van der Waals surface area (Å²) >= 11 is 0. The standard InChI is InChI=1S/C17H22FN3O/c1-21-11-14(10-20-21)17(12-4-2-6-15(18)8-12)19-9-13-5-3-7-16(13)22/h2,4,6,8,10-11,13,16-17,19,22H,3,5,7,9H2,1H3. The summed E-state index contributed by atoms with van der Waals surface area (Å²) in [6.07, 6.45) is 6.50. The fraction of sp³-hybridized carbons (Fsp3) is 0.471. The van der Waals surface area contributed by atoms with Gasteiger partial charge in [0.1, 0.15) is 5.82 Å². The fourth-order valence-corrected chi connectivity index (χ4v) is 3.23. The first-order chi connectivity index (χ1) is 10.6. The van der Waals surface area contributed by atoms with Crippen LogP contribution in [0.15, 0.2) is 36.7 Å². The van der Waals surface area contributed by atoms with E-state index in [0.717, 1.165) is 36.9 Å². The number of aliphatic hydroxyl groups is 1. The molecule has 3 atom stereocenters. The Hall–Kier alpha value is -1.72. The maximum Gasteiger partial charge on any atom is 0.123 e. The lowest BCUT2D eigenvalue weighted by Gasteiger charge is -2.22. The molecular formula is C17H22FN3O. The van der Waals surface area contributed by atoms with Crippen LogP contribution in [0.3, 0.4) is 0 Å². The second kappa shape index (κ2) is 6.58. The molecule has 1 aliphatic rings. The van der Waals surface area contributed by atoms with Crippen LogP contribution in [0.25, 0.3) is 0 Å². The van der Waals surface area contributed by atoms with Gasteiger partial charge in [0, 0.05) is 25.4 Å². The van der Waals surface area contributed by atoms with Crippen LogP contribution in [-0.2, 0) is 7.05 Å². The predicted molar refractivity (Wildman–Crippen MR) is 82.8 cm³/mol. The highest BCUT2D eigenvalue weighted by molar-refractivity contribution is 5.29. The van der Waals surface area contributed by atoms with Gasteiger partial charge in [-0.1, -0.05) is 18.6 Å². The number of hydrogen-bond donors (Lipinski definition) is 2. The van der Waals surface area contributed by atoms with Crippen molar-refractivity contribution in [3.05, 3.63) is 53.6 Å². The number of nitrogens with one attached hydrogen (secondary N) is 1. The monoisotopic (exact) mass is 303 g/mol. The van der Waals surface area contributed by atoms with Crippen molar-refractivity contribution in [2.75, 3.05) is 6.54 Å². The molecule has 0 spiro atoms. The van der Waals surface area contributed by atoms with Crippen LogP contribution in [0.4, 0.5) is 4.39 Å². The molecule has 1 saturated carbocycles. The van der Waals surface area contributed by atoms with E-state index in [0.29, 0.717) is 0 Å². The van der Waals surface area contributed by atoms with Crippen LogP contribution in [0, 0.1) is 11.7 Å². The van der Waals surface area contributed by atoms with Crippen molar-refractivity contribution >= 4 is 0 Å². The number of aliphatic hydroxyl groups excluding tert-OH is 1. The second-order valence-electron chi connectivity index (χ2n) is 6.10. The first-order valence-electron chi connectivity index (χ1n) is 7.79. The van der Waals surface area contributed by atoms with Crippen molar-refractivity contribution in [2.45, 2.75) is 31.4 Å². The van der Waals surface area contributed by atoms with Crippen LogP contribution >= 0.6 is 0 Å². The second-order valence-corrected chi connectivity index (χ2v) is 6.10. The Labute approximate surface area is 130 Å². The van der Waals surface area contributed by atoms with E-state index in [2.05, 4.69) is 10.4 Å². The van der Waals surface area contributed by atoms with Gasteiger partial charge in [0.25, 0.3) is 0 Å². The molecule has 3 rings (SSSR count). The highest BCUT2D eigenvalue weighted by Crippen LogP contribution is 2.27. The molecule has 0 bridgehead atoms. The normalized spacial score (nSPS) is 22.9. The zero-order valence-corrected chi connectivity index (χ0v) is 12.7. The Morgan fingerprint density at radius 2 is 2.27 bits per heavy atom. The average Bonchev–Trinajstić information content (AvgIpc) is 3.09. The number of aromatic nitrogens is 2. The Balaban J connectivity index is 1.80. The summed E-state index contributed by atoms with van der Waals surface area (Å²) < 4.78 is 15.3. The molecule has 0 amide bonds. The maximum atomic E-state index is 13.6. The van der Waals surface area contributed by atoms with Gasteiger partial charge < -0.3 is 10.4 Å². The predicted octanol–water partition coefficient (Wildman–Crippen LogP) is 2.40. The highest BCUT2D eigenvalue weighted by atomic mass is 19.1.